The molecule has 1 fully saturated rings. The highest BCUT2D eigenvalue weighted by molar-refractivity contribution is 5.84. The van der Waals surface area contributed by atoms with E-state index in [1.807, 2.05) is 23.1 Å². The van der Waals surface area contributed by atoms with E-state index in [0.717, 1.165) is 25.8 Å². The highest BCUT2D eigenvalue weighted by Crippen LogP contribution is 2.18. The molecule has 2 unspecified atom stereocenters. The monoisotopic (exact) mass is 274 g/mol. The van der Waals surface area contributed by atoms with Gasteiger partial charge < -0.3 is 4.90 Å². The molecule has 0 aliphatic carbocycles. The van der Waals surface area contributed by atoms with E-state index in [1.165, 1.54) is 5.56 Å². The quantitative estimate of drug-likeness (QED) is 0.865. The van der Waals surface area contributed by atoms with Gasteiger partial charge in [-0.1, -0.05) is 51.1 Å². The number of nitrogens with zero attached hydrogens (tertiary/aromatic N) is 1. The van der Waals surface area contributed by atoms with Crippen LogP contribution < -0.4 is 5.32 Å². The normalized spacial score (nSPS) is 22.8. The molecule has 1 aliphatic heterocycles. The number of nitrogens with one attached hydrogen (secondary N) is 1. The molecule has 1 aliphatic rings. The van der Waals surface area contributed by atoms with E-state index < -0.39 is 0 Å². The molecule has 1 amide bonds. The van der Waals surface area contributed by atoms with Gasteiger partial charge in [0.15, 0.2) is 0 Å². The third kappa shape index (κ3) is 3.60. The minimum Gasteiger partial charge on any atom is -0.326 e. The Kier molecular flexibility index (Phi) is 5.18. The molecule has 0 radical (unpaired) electrons. The van der Waals surface area contributed by atoms with E-state index in [0.29, 0.717) is 5.92 Å². The zero-order valence-corrected chi connectivity index (χ0v) is 12.8. The van der Waals surface area contributed by atoms with Crippen molar-refractivity contribution in [3.8, 4) is 0 Å². The van der Waals surface area contributed by atoms with Crippen molar-refractivity contribution in [2.24, 2.45) is 5.92 Å². The maximum absolute atomic E-state index is 12.6. The van der Waals surface area contributed by atoms with Crippen molar-refractivity contribution in [1.29, 1.82) is 0 Å². The van der Waals surface area contributed by atoms with Crippen LogP contribution in [0.4, 0.5) is 0 Å². The van der Waals surface area contributed by atoms with Crippen LogP contribution in [-0.4, -0.2) is 29.6 Å². The molecule has 20 heavy (non-hydrogen) atoms. The predicted molar refractivity (Wildman–Crippen MR) is 82.3 cm³/mol. The number of hydrogen-bond acceptors (Lipinski definition) is 2. The van der Waals surface area contributed by atoms with E-state index >= 15 is 0 Å². The Labute approximate surface area is 122 Å². The van der Waals surface area contributed by atoms with Crippen LogP contribution in [0, 0.1) is 5.92 Å². The zero-order chi connectivity index (χ0) is 14.5. The highest BCUT2D eigenvalue weighted by atomic mass is 16.2. The average Bonchev–Trinajstić information content (AvgIpc) is 2.74. The maximum atomic E-state index is 12.6. The summed E-state index contributed by atoms with van der Waals surface area (Å²) in [6.45, 7) is 7.41. The Morgan fingerprint density at radius 1 is 1.25 bits per heavy atom. The Morgan fingerprint density at radius 2 is 1.95 bits per heavy atom. The van der Waals surface area contributed by atoms with Crippen LogP contribution in [0.5, 0.6) is 0 Å². The number of carbonyl (C=O) groups excluding carboxylic acids is 1. The fourth-order valence-corrected chi connectivity index (χ4v) is 2.74. The Hall–Kier alpha value is -1.35. The van der Waals surface area contributed by atoms with Crippen LogP contribution in [0.2, 0.25) is 0 Å². The molecule has 3 heteroatoms. The molecular weight excluding hydrogens is 248 g/mol. The van der Waals surface area contributed by atoms with Gasteiger partial charge in [0.1, 0.15) is 0 Å². The van der Waals surface area contributed by atoms with Gasteiger partial charge in [-0.25, -0.2) is 0 Å². The van der Waals surface area contributed by atoms with Crippen LogP contribution in [0.25, 0.3) is 0 Å². The Bertz CT molecular complexity index is 430. The number of benzene rings is 1. The summed E-state index contributed by atoms with van der Waals surface area (Å²) in [4.78, 5) is 14.6. The average molecular weight is 274 g/mol. The summed E-state index contributed by atoms with van der Waals surface area (Å²) >= 11 is 0. The lowest BCUT2D eigenvalue weighted by Gasteiger charge is -2.23. The molecule has 1 saturated heterocycles. The molecule has 110 valence electrons. The van der Waals surface area contributed by atoms with Crippen LogP contribution in [0.15, 0.2) is 30.3 Å². The predicted octanol–water partition coefficient (Wildman–Crippen LogP) is 2.81. The molecule has 2 rings (SSSR count). The number of amides is 1. The van der Waals surface area contributed by atoms with Gasteiger partial charge in [-0.15, -0.1) is 0 Å². The van der Waals surface area contributed by atoms with Crippen molar-refractivity contribution >= 4 is 5.91 Å². The largest absolute Gasteiger partial charge is 0.326 e. The lowest BCUT2D eigenvalue weighted by molar-refractivity contribution is -0.130. The molecule has 3 nitrogen and oxygen atoms in total. The first-order valence-electron chi connectivity index (χ1n) is 7.72. The fourth-order valence-electron chi connectivity index (χ4n) is 2.74. The van der Waals surface area contributed by atoms with Gasteiger partial charge in [-0.3, -0.25) is 10.1 Å². The van der Waals surface area contributed by atoms with E-state index in [-0.39, 0.29) is 18.1 Å². The van der Waals surface area contributed by atoms with Gasteiger partial charge in [-0.2, -0.15) is 0 Å². The maximum Gasteiger partial charge on any atom is 0.241 e. The first-order valence-corrected chi connectivity index (χ1v) is 7.72. The van der Waals surface area contributed by atoms with E-state index in [9.17, 15) is 4.79 Å². The van der Waals surface area contributed by atoms with E-state index in [4.69, 9.17) is 0 Å². The van der Waals surface area contributed by atoms with Crippen LogP contribution in [-0.2, 0) is 11.2 Å². The lowest BCUT2D eigenvalue weighted by Crippen LogP contribution is -2.37. The van der Waals surface area contributed by atoms with Crippen molar-refractivity contribution in [1.82, 2.24) is 10.2 Å². The summed E-state index contributed by atoms with van der Waals surface area (Å²) in [5.74, 6) is 0.898. The second kappa shape index (κ2) is 6.89. The third-order valence-corrected chi connectivity index (χ3v) is 3.97. The van der Waals surface area contributed by atoms with Crippen molar-refractivity contribution in [3.63, 3.8) is 0 Å². The Morgan fingerprint density at radius 3 is 2.55 bits per heavy atom. The minimum atomic E-state index is -0.0606. The van der Waals surface area contributed by atoms with E-state index in [2.05, 4.69) is 38.2 Å². The standard InChI is InChI=1S/C17H26N2O/c1-4-16-18-15(12-14-8-6-5-7-9-14)17(20)19(16)11-10-13(2)3/h5-9,13,15-16,18H,4,10-12H2,1-3H3. The van der Waals surface area contributed by atoms with Gasteiger partial charge >= 0.3 is 0 Å². The summed E-state index contributed by atoms with van der Waals surface area (Å²) < 4.78 is 0. The van der Waals surface area contributed by atoms with Gasteiger partial charge in [0.25, 0.3) is 0 Å². The highest BCUT2D eigenvalue weighted by Gasteiger charge is 2.37. The molecule has 1 heterocycles. The van der Waals surface area contributed by atoms with Crippen molar-refractivity contribution in [2.45, 2.75) is 52.2 Å². The molecule has 1 N–H and O–H groups in total. The molecule has 0 spiro atoms. The molecular formula is C17H26N2O. The molecule has 0 saturated carbocycles. The zero-order valence-electron chi connectivity index (χ0n) is 12.8. The van der Waals surface area contributed by atoms with Crippen LogP contribution in [0.1, 0.15) is 39.2 Å². The van der Waals surface area contributed by atoms with Gasteiger partial charge in [0, 0.05) is 6.54 Å². The molecule has 1 aromatic rings. The van der Waals surface area contributed by atoms with Crippen molar-refractivity contribution in [3.05, 3.63) is 35.9 Å². The smallest absolute Gasteiger partial charge is 0.241 e. The molecule has 2 atom stereocenters. The first-order chi connectivity index (χ1) is 9.61. The van der Waals surface area contributed by atoms with Gasteiger partial charge in [0.05, 0.1) is 12.2 Å². The molecule has 0 aromatic heterocycles. The lowest BCUT2D eigenvalue weighted by atomic mass is 10.1. The van der Waals surface area contributed by atoms with E-state index in [1.54, 1.807) is 0 Å². The topological polar surface area (TPSA) is 32.3 Å². The number of carbonyl (C=O) groups is 1. The minimum absolute atomic E-state index is 0.0606. The molecule has 0 bridgehead atoms. The summed E-state index contributed by atoms with van der Waals surface area (Å²) in [5.41, 5.74) is 1.22. The summed E-state index contributed by atoms with van der Waals surface area (Å²) in [6, 6.07) is 10.2. The summed E-state index contributed by atoms with van der Waals surface area (Å²) in [5, 5.41) is 3.49. The SMILES string of the molecule is CCC1NC(Cc2ccccc2)C(=O)N1CCC(C)C. The fraction of sp³-hybridized carbons (Fsp3) is 0.588. The van der Waals surface area contributed by atoms with Crippen LogP contribution >= 0.6 is 0 Å². The summed E-state index contributed by atoms with van der Waals surface area (Å²) in [7, 11) is 0. The number of hydrogen-bond donors (Lipinski definition) is 1. The van der Waals surface area contributed by atoms with Gasteiger partial charge in [-0.05, 0) is 30.7 Å². The molecule has 1 aromatic carbocycles. The number of rotatable bonds is 6. The second-order valence-electron chi connectivity index (χ2n) is 6.05. The van der Waals surface area contributed by atoms with Crippen LogP contribution in [0.3, 0.4) is 0 Å². The summed E-state index contributed by atoms with van der Waals surface area (Å²) in [6.07, 6.45) is 3.03. The Balaban J connectivity index is 2.00. The third-order valence-electron chi connectivity index (χ3n) is 3.97. The first kappa shape index (κ1) is 15.0. The van der Waals surface area contributed by atoms with Gasteiger partial charge in [0.2, 0.25) is 5.91 Å². The van der Waals surface area contributed by atoms with Crippen molar-refractivity contribution in [2.75, 3.05) is 6.54 Å². The van der Waals surface area contributed by atoms with Crippen molar-refractivity contribution < 1.29 is 4.79 Å². The second-order valence-corrected chi connectivity index (χ2v) is 6.05.